The molecule has 1 atom stereocenters. The standard InChI is InChI=1S/C22H21FN4O2/c23-19-4-1-2-5-20(19)27-15-18(12-21(27)28)22(29)24-13-16-6-8-17(9-7-16)14-26-11-3-10-25-26/h1-11,18H,12-15H2,(H,24,29). The lowest BCUT2D eigenvalue weighted by molar-refractivity contribution is -0.126. The molecule has 3 aromatic rings. The molecule has 1 fully saturated rings. The number of carbonyl (C=O) groups excluding carboxylic acids is 2. The zero-order valence-electron chi connectivity index (χ0n) is 15.8. The van der Waals surface area contributed by atoms with Gasteiger partial charge >= 0.3 is 0 Å². The fourth-order valence-corrected chi connectivity index (χ4v) is 3.46. The van der Waals surface area contributed by atoms with E-state index < -0.39 is 11.7 Å². The van der Waals surface area contributed by atoms with E-state index in [1.807, 2.05) is 41.2 Å². The summed E-state index contributed by atoms with van der Waals surface area (Å²) in [6.07, 6.45) is 3.73. The number of benzene rings is 2. The summed E-state index contributed by atoms with van der Waals surface area (Å²) >= 11 is 0. The minimum Gasteiger partial charge on any atom is -0.352 e. The second-order valence-corrected chi connectivity index (χ2v) is 7.09. The van der Waals surface area contributed by atoms with Crippen LogP contribution in [0.4, 0.5) is 10.1 Å². The van der Waals surface area contributed by atoms with E-state index in [0.717, 1.165) is 11.1 Å². The topological polar surface area (TPSA) is 67.2 Å². The van der Waals surface area contributed by atoms with Crippen LogP contribution in [0.1, 0.15) is 17.5 Å². The Morgan fingerprint density at radius 2 is 1.86 bits per heavy atom. The first kappa shape index (κ1) is 18.9. The van der Waals surface area contributed by atoms with Gasteiger partial charge in [0.1, 0.15) is 5.82 Å². The second kappa shape index (κ2) is 8.26. The van der Waals surface area contributed by atoms with Crippen LogP contribution in [0, 0.1) is 11.7 Å². The van der Waals surface area contributed by atoms with Crippen molar-refractivity contribution in [1.82, 2.24) is 15.1 Å². The van der Waals surface area contributed by atoms with E-state index in [1.165, 1.54) is 11.0 Å². The van der Waals surface area contributed by atoms with Gasteiger partial charge in [-0.3, -0.25) is 14.3 Å². The maximum Gasteiger partial charge on any atom is 0.227 e. The SMILES string of the molecule is O=C(NCc1ccc(Cn2cccn2)cc1)C1CC(=O)N(c2ccccc2F)C1. The van der Waals surface area contributed by atoms with Crippen molar-refractivity contribution in [2.75, 3.05) is 11.4 Å². The first-order valence-corrected chi connectivity index (χ1v) is 9.48. The molecular formula is C22H21FN4O2. The lowest BCUT2D eigenvalue weighted by Crippen LogP contribution is -2.32. The Bertz CT molecular complexity index is 1000. The molecule has 2 amide bonds. The number of amides is 2. The largest absolute Gasteiger partial charge is 0.352 e. The van der Waals surface area contributed by atoms with E-state index in [1.54, 1.807) is 24.4 Å². The summed E-state index contributed by atoms with van der Waals surface area (Å²) < 4.78 is 15.8. The highest BCUT2D eigenvalue weighted by molar-refractivity contribution is 6.00. The predicted octanol–water partition coefficient (Wildman–Crippen LogP) is 2.74. The highest BCUT2D eigenvalue weighted by Gasteiger charge is 2.35. The average molecular weight is 392 g/mol. The second-order valence-electron chi connectivity index (χ2n) is 7.09. The van der Waals surface area contributed by atoms with Crippen molar-refractivity contribution in [2.45, 2.75) is 19.5 Å². The minimum atomic E-state index is -0.485. The van der Waals surface area contributed by atoms with E-state index in [0.29, 0.717) is 13.1 Å². The number of hydrogen-bond acceptors (Lipinski definition) is 3. The zero-order valence-corrected chi connectivity index (χ0v) is 15.8. The Balaban J connectivity index is 1.32. The van der Waals surface area contributed by atoms with Crippen molar-refractivity contribution < 1.29 is 14.0 Å². The van der Waals surface area contributed by atoms with E-state index in [9.17, 15) is 14.0 Å². The third-order valence-electron chi connectivity index (χ3n) is 5.03. The lowest BCUT2D eigenvalue weighted by Gasteiger charge is -2.17. The van der Waals surface area contributed by atoms with Gasteiger partial charge in [0.2, 0.25) is 11.8 Å². The molecule has 1 unspecified atom stereocenters. The van der Waals surface area contributed by atoms with Crippen LogP contribution in [0.2, 0.25) is 0 Å². The first-order chi connectivity index (χ1) is 14.1. The van der Waals surface area contributed by atoms with Gasteiger partial charge in [-0.15, -0.1) is 0 Å². The van der Waals surface area contributed by atoms with Gasteiger partial charge in [-0.1, -0.05) is 36.4 Å². The number of nitrogens with one attached hydrogen (secondary N) is 1. The quantitative estimate of drug-likeness (QED) is 0.701. The van der Waals surface area contributed by atoms with E-state index in [2.05, 4.69) is 10.4 Å². The number of halogens is 1. The van der Waals surface area contributed by atoms with Crippen LogP contribution in [0.25, 0.3) is 0 Å². The molecule has 1 aromatic heterocycles. The van der Waals surface area contributed by atoms with Crippen molar-refractivity contribution in [3.8, 4) is 0 Å². The molecule has 7 heteroatoms. The molecule has 2 heterocycles. The fourth-order valence-electron chi connectivity index (χ4n) is 3.46. The molecule has 1 aliphatic heterocycles. The van der Waals surface area contributed by atoms with Gasteiger partial charge in [0.25, 0.3) is 0 Å². The first-order valence-electron chi connectivity index (χ1n) is 9.48. The van der Waals surface area contributed by atoms with Crippen molar-refractivity contribution in [3.63, 3.8) is 0 Å². The van der Waals surface area contributed by atoms with Crippen molar-refractivity contribution >= 4 is 17.5 Å². The molecule has 0 radical (unpaired) electrons. The molecule has 2 aromatic carbocycles. The van der Waals surface area contributed by atoms with Crippen molar-refractivity contribution in [2.24, 2.45) is 5.92 Å². The summed E-state index contributed by atoms with van der Waals surface area (Å²) in [4.78, 5) is 26.1. The lowest BCUT2D eigenvalue weighted by atomic mass is 10.1. The van der Waals surface area contributed by atoms with E-state index >= 15 is 0 Å². The van der Waals surface area contributed by atoms with Crippen molar-refractivity contribution in [3.05, 3.63) is 83.9 Å². The number of aromatic nitrogens is 2. The van der Waals surface area contributed by atoms with Gasteiger partial charge in [0, 0.05) is 31.9 Å². The molecule has 29 heavy (non-hydrogen) atoms. The molecule has 0 aliphatic carbocycles. The van der Waals surface area contributed by atoms with Gasteiger partial charge in [-0.25, -0.2) is 4.39 Å². The predicted molar refractivity (Wildman–Crippen MR) is 106 cm³/mol. The van der Waals surface area contributed by atoms with Crippen LogP contribution in [-0.4, -0.2) is 28.1 Å². The van der Waals surface area contributed by atoms with Gasteiger partial charge in [-0.05, 0) is 29.3 Å². The third-order valence-corrected chi connectivity index (χ3v) is 5.03. The Morgan fingerprint density at radius 1 is 1.10 bits per heavy atom. The van der Waals surface area contributed by atoms with Crippen LogP contribution in [0.5, 0.6) is 0 Å². The van der Waals surface area contributed by atoms with Gasteiger partial charge in [0.05, 0.1) is 18.2 Å². The normalized spacial score (nSPS) is 16.2. The maximum atomic E-state index is 14.0. The molecule has 1 saturated heterocycles. The summed E-state index contributed by atoms with van der Waals surface area (Å²) in [6.45, 7) is 1.26. The number of rotatable bonds is 6. The molecule has 148 valence electrons. The Morgan fingerprint density at radius 3 is 2.59 bits per heavy atom. The molecule has 1 aliphatic rings. The molecule has 0 spiro atoms. The Labute approximate surface area is 167 Å². The number of para-hydroxylation sites is 1. The number of carbonyl (C=O) groups is 2. The number of nitrogens with zero attached hydrogens (tertiary/aromatic N) is 3. The Kier molecular flexibility index (Phi) is 5.37. The third kappa shape index (κ3) is 4.34. The summed E-state index contributed by atoms with van der Waals surface area (Å²) in [5.41, 5.74) is 2.31. The van der Waals surface area contributed by atoms with E-state index in [-0.39, 0.29) is 30.5 Å². The Hall–Kier alpha value is -3.48. The molecule has 6 nitrogen and oxygen atoms in total. The maximum absolute atomic E-state index is 14.0. The molecule has 4 rings (SSSR count). The van der Waals surface area contributed by atoms with Crippen LogP contribution < -0.4 is 10.2 Å². The summed E-state index contributed by atoms with van der Waals surface area (Å²) in [6, 6.07) is 15.9. The van der Waals surface area contributed by atoms with Gasteiger partial charge < -0.3 is 10.2 Å². The monoisotopic (exact) mass is 392 g/mol. The zero-order chi connectivity index (χ0) is 20.2. The smallest absolute Gasteiger partial charge is 0.227 e. The van der Waals surface area contributed by atoms with Crippen LogP contribution in [-0.2, 0) is 22.7 Å². The highest BCUT2D eigenvalue weighted by atomic mass is 19.1. The van der Waals surface area contributed by atoms with Crippen molar-refractivity contribution in [1.29, 1.82) is 0 Å². The van der Waals surface area contributed by atoms with E-state index in [4.69, 9.17) is 0 Å². The molecule has 1 N–H and O–H groups in total. The molecular weight excluding hydrogens is 371 g/mol. The van der Waals surface area contributed by atoms with Crippen LogP contribution in [0.3, 0.4) is 0 Å². The van der Waals surface area contributed by atoms with Crippen LogP contribution >= 0.6 is 0 Å². The summed E-state index contributed by atoms with van der Waals surface area (Å²) in [5.74, 6) is -1.38. The highest BCUT2D eigenvalue weighted by Crippen LogP contribution is 2.27. The number of anilines is 1. The average Bonchev–Trinajstić information content (AvgIpc) is 3.37. The molecule has 0 saturated carbocycles. The van der Waals surface area contributed by atoms with Crippen LogP contribution in [0.15, 0.2) is 67.0 Å². The molecule has 0 bridgehead atoms. The van der Waals surface area contributed by atoms with Gasteiger partial charge in [0.15, 0.2) is 0 Å². The minimum absolute atomic E-state index is 0.0863. The number of hydrogen-bond donors (Lipinski definition) is 1. The fraction of sp³-hybridized carbons (Fsp3) is 0.227. The summed E-state index contributed by atoms with van der Waals surface area (Å²) in [5, 5.41) is 7.07. The van der Waals surface area contributed by atoms with Gasteiger partial charge in [-0.2, -0.15) is 5.10 Å². The summed E-state index contributed by atoms with van der Waals surface area (Å²) in [7, 11) is 0.